The van der Waals surface area contributed by atoms with Gasteiger partial charge in [0.1, 0.15) is 10.8 Å². The van der Waals surface area contributed by atoms with E-state index in [1.807, 2.05) is 0 Å². The standard InChI is InChI=1S/C15H14O4S2/c1-2-12-5-7-13(8-6-12)15(16)19-9-11-21(17,18)14-4-3-10-20-14/h2-8,10H,1,9,11H2. The monoisotopic (exact) mass is 322 g/mol. The molecule has 0 bridgehead atoms. The van der Waals surface area contributed by atoms with Gasteiger partial charge in [0.05, 0.1) is 11.3 Å². The van der Waals surface area contributed by atoms with Crippen LogP contribution in [0.1, 0.15) is 15.9 Å². The summed E-state index contributed by atoms with van der Waals surface area (Å²) in [5.74, 6) is -0.753. The first-order valence-corrected chi connectivity index (χ1v) is 8.72. The molecule has 0 N–H and O–H groups in total. The van der Waals surface area contributed by atoms with Crippen LogP contribution in [0.3, 0.4) is 0 Å². The van der Waals surface area contributed by atoms with Gasteiger partial charge >= 0.3 is 5.97 Å². The number of sulfone groups is 1. The SMILES string of the molecule is C=Cc1ccc(C(=O)OCCS(=O)(=O)c2cccs2)cc1. The van der Waals surface area contributed by atoms with E-state index >= 15 is 0 Å². The summed E-state index contributed by atoms with van der Waals surface area (Å²) in [4.78, 5) is 11.8. The fraction of sp³-hybridized carbons (Fsp3) is 0.133. The molecule has 2 rings (SSSR count). The third-order valence-electron chi connectivity index (χ3n) is 2.77. The van der Waals surface area contributed by atoms with Gasteiger partial charge in [-0.1, -0.05) is 30.9 Å². The van der Waals surface area contributed by atoms with Crippen LogP contribution in [0.5, 0.6) is 0 Å². The molecule has 110 valence electrons. The molecule has 6 heteroatoms. The molecular weight excluding hydrogens is 308 g/mol. The molecule has 0 aliphatic heterocycles. The Kier molecular flexibility index (Phi) is 4.93. The number of hydrogen-bond acceptors (Lipinski definition) is 5. The third-order valence-corrected chi connectivity index (χ3v) is 5.93. The highest BCUT2D eigenvalue weighted by Crippen LogP contribution is 2.17. The smallest absolute Gasteiger partial charge is 0.338 e. The molecule has 0 aliphatic rings. The molecule has 0 atom stereocenters. The van der Waals surface area contributed by atoms with Crippen molar-refractivity contribution >= 4 is 33.2 Å². The van der Waals surface area contributed by atoms with Crippen molar-refractivity contribution in [1.29, 1.82) is 0 Å². The van der Waals surface area contributed by atoms with Crippen LogP contribution in [0.15, 0.2) is 52.6 Å². The maximum absolute atomic E-state index is 11.9. The predicted octanol–water partition coefficient (Wildman–Crippen LogP) is 3.02. The normalized spacial score (nSPS) is 11.0. The van der Waals surface area contributed by atoms with Gasteiger partial charge in [-0.25, -0.2) is 13.2 Å². The average Bonchev–Trinajstić information content (AvgIpc) is 3.02. The summed E-state index contributed by atoms with van der Waals surface area (Å²) in [5.41, 5.74) is 1.28. The summed E-state index contributed by atoms with van der Waals surface area (Å²) in [6, 6.07) is 9.93. The lowest BCUT2D eigenvalue weighted by Crippen LogP contribution is -2.15. The van der Waals surface area contributed by atoms with Crippen LogP contribution in [0.25, 0.3) is 6.08 Å². The highest BCUT2D eigenvalue weighted by molar-refractivity contribution is 7.93. The Labute approximate surface area is 127 Å². The molecule has 0 saturated heterocycles. The van der Waals surface area contributed by atoms with Crippen molar-refractivity contribution < 1.29 is 17.9 Å². The van der Waals surface area contributed by atoms with Gasteiger partial charge in [0.15, 0.2) is 9.84 Å². The molecule has 0 unspecified atom stereocenters. The number of carbonyl (C=O) groups excluding carboxylic acids is 1. The Morgan fingerprint density at radius 1 is 1.24 bits per heavy atom. The molecule has 0 fully saturated rings. The highest BCUT2D eigenvalue weighted by Gasteiger charge is 2.16. The maximum Gasteiger partial charge on any atom is 0.338 e. The predicted molar refractivity (Wildman–Crippen MR) is 83.2 cm³/mol. The zero-order chi connectivity index (χ0) is 15.3. The van der Waals surface area contributed by atoms with E-state index in [0.29, 0.717) is 5.56 Å². The summed E-state index contributed by atoms with van der Waals surface area (Å²) in [5, 5.41) is 1.69. The van der Waals surface area contributed by atoms with Gasteiger partial charge in [0.2, 0.25) is 0 Å². The molecule has 0 spiro atoms. The topological polar surface area (TPSA) is 60.4 Å². The fourth-order valence-electron chi connectivity index (χ4n) is 1.62. The number of ether oxygens (including phenoxy) is 1. The van der Waals surface area contributed by atoms with Crippen molar-refractivity contribution in [2.24, 2.45) is 0 Å². The lowest BCUT2D eigenvalue weighted by atomic mass is 10.1. The molecule has 21 heavy (non-hydrogen) atoms. The minimum Gasteiger partial charge on any atom is -0.461 e. The minimum atomic E-state index is -3.38. The Hall–Kier alpha value is -1.92. The zero-order valence-electron chi connectivity index (χ0n) is 11.2. The molecule has 0 radical (unpaired) electrons. The van der Waals surface area contributed by atoms with Crippen LogP contribution in [0, 0.1) is 0 Å². The Balaban J connectivity index is 1.91. The van der Waals surface area contributed by atoms with E-state index < -0.39 is 15.8 Å². The Bertz CT molecular complexity index is 714. The van der Waals surface area contributed by atoms with Gasteiger partial charge in [-0.2, -0.15) is 0 Å². The van der Waals surface area contributed by atoms with Crippen LogP contribution in [0.2, 0.25) is 0 Å². The molecule has 1 aromatic carbocycles. The summed E-state index contributed by atoms with van der Waals surface area (Å²) >= 11 is 1.15. The van der Waals surface area contributed by atoms with Crippen LogP contribution >= 0.6 is 11.3 Å². The fourth-order valence-corrected chi connectivity index (χ4v) is 3.87. The number of benzene rings is 1. The number of carbonyl (C=O) groups is 1. The lowest BCUT2D eigenvalue weighted by Gasteiger charge is -2.05. The molecular formula is C15H14O4S2. The second-order valence-corrected chi connectivity index (χ2v) is 7.50. The van der Waals surface area contributed by atoms with E-state index in [-0.39, 0.29) is 16.6 Å². The van der Waals surface area contributed by atoms with Crippen LogP contribution in [-0.2, 0) is 14.6 Å². The quantitative estimate of drug-likeness (QED) is 0.767. The summed E-state index contributed by atoms with van der Waals surface area (Å²) in [7, 11) is -3.38. The first kappa shape index (κ1) is 15.5. The summed E-state index contributed by atoms with van der Waals surface area (Å²) in [6.45, 7) is 3.46. The van der Waals surface area contributed by atoms with Crippen LogP contribution < -0.4 is 0 Å². The van der Waals surface area contributed by atoms with Crippen molar-refractivity contribution in [2.75, 3.05) is 12.4 Å². The molecule has 2 aromatic rings. The second-order valence-electron chi connectivity index (χ2n) is 4.21. The first-order chi connectivity index (χ1) is 10.0. The zero-order valence-corrected chi connectivity index (χ0v) is 12.8. The second kappa shape index (κ2) is 6.69. The van der Waals surface area contributed by atoms with Gasteiger partial charge in [-0.3, -0.25) is 0 Å². The van der Waals surface area contributed by atoms with Gasteiger partial charge in [-0.15, -0.1) is 11.3 Å². The Morgan fingerprint density at radius 3 is 2.52 bits per heavy atom. The lowest BCUT2D eigenvalue weighted by molar-refractivity contribution is 0.0529. The van der Waals surface area contributed by atoms with E-state index in [1.54, 1.807) is 41.8 Å². The van der Waals surface area contributed by atoms with Crippen molar-refractivity contribution in [3.05, 3.63) is 59.5 Å². The number of rotatable bonds is 6. The molecule has 0 saturated carbocycles. The van der Waals surface area contributed by atoms with E-state index in [4.69, 9.17) is 4.74 Å². The van der Waals surface area contributed by atoms with E-state index in [2.05, 4.69) is 6.58 Å². The Morgan fingerprint density at radius 2 is 1.95 bits per heavy atom. The summed E-state index contributed by atoms with van der Waals surface area (Å²) in [6.07, 6.45) is 1.67. The van der Waals surface area contributed by atoms with Gasteiger partial charge in [0.25, 0.3) is 0 Å². The number of hydrogen-bond donors (Lipinski definition) is 0. The maximum atomic E-state index is 11.9. The highest BCUT2D eigenvalue weighted by atomic mass is 32.2. The van der Waals surface area contributed by atoms with Crippen molar-refractivity contribution in [1.82, 2.24) is 0 Å². The van der Waals surface area contributed by atoms with Gasteiger partial charge in [0, 0.05) is 0 Å². The number of thiophene rings is 1. The first-order valence-electron chi connectivity index (χ1n) is 6.19. The minimum absolute atomic E-state index is 0.164. The van der Waals surface area contributed by atoms with Gasteiger partial charge < -0.3 is 4.74 Å². The van der Waals surface area contributed by atoms with E-state index in [0.717, 1.165) is 16.9 Å². The van der Waals surface area contributed by atoms with Crippen molar-refractivity contribution in [3.63, 3.8) is 0 Å². The summed E-state index contributed by atoms with van der Waals surface area (Å²) < 4.78 is 29.1. The van der Waals surface area contributed by atoms with Crippen molar-refractivity contribution in [3.8, 4) is 0 Å². The average molecular weight is 322 g/mol. The molecule has 4 nitrogen and oxygen atoms in total. The van der Waals surface area contributed by atoms with E-state index in [9.17, 15) is 13.2 Å². The third kappa shape index (κ3) is 4.03. The molecule has 0 aliphatic carbocycles. The molecule has 1 heterocycles. The van der Waals surface area contributed by atoms with E-state index in [1.165, 1.54) is 6.07 Å². The molecule has 1 aromatic heterocycles. The molecule has 0 amide bonds. The number of esters is 1. The van der Waals surface area contributed by atoms with Crippen LogP contribution in [-0.4, -0.2) is 26.7 Å². The van der Waals surface area contributed by atoms with Gasteiger partial charge in [-0.05, 0) is 29.1 Å². The van der Waals surface area contributed by atoms with Crippen LogP contribution in [0.4, 0.5) is 0 Å². The van der Waals surface area contributed by atoms with Crippen molar-refractivity contribution in [2.45, 2.75) is 4.21 Å². The largest absolute Gasteiger partial charge is 0.461 e.